The third-order valence-electron chi connectivity index (χ3n) is 3.31. The maximum atomic E-state index is 12.1. The summed E-state index contributed by atoms with van der Waals surface area (Å²) in [4.78, 5) is 17.4. The first-order valence-corrected chi connectivity index (χ1v) is 6.79. The average molecular weight is 253 g/mol. The van der Waals surface area contributed by atoms with Gasteiger partial charge in [-0.3, -0.25) is 9.69 Å². The molecule has 1 fully saturated rings. The molecule has 2 heterocycles. The smallest absolute Gasteiger partial charge is 0.227 e. The molecule has 0 spiro atoms. The van der Waals surface area contributed by atoms with E-state index in [2.05, 4.69) is 11.9 Å². The molecular weight excluding hydrogens is 234 g/mol. The molecule has 1 amide bonds. The molecule has 1 aromatic rings. The number of hydrogen-bond acceptors (Lipinski definition) is 4. The van der Waals surface area contributed by atoms with Crippen molar-refractivity contribution >= 4 is 17.2 Å². The Labute approximate surface area is 106 Å². The van der Waals surface area contributed by atoms with Gasteiger partial charge in [0.1, 0.15) is 0 Å². The van der Waals surface area contributed by atoms with Crippen LogP contribution in [0, 0.1) is 0 Å². The molecule has 1 aliphatic rings. The molecule has 5 heteroatoms. The number of likely N-dealkylation sites (N-methyl/N-ethyl adjacent to an activating group) is 1. The summed E-state index contributed by atoms with van der Waals surface area (Å²) in [5.41, 5.74) is 5.71. The summed E-state index contributed by atoms with van der Waals surface area (Å²) in [6.45, 7) is 3.10. The molecule has 17 heavy (non-hydrogen) atoms. The molecule has 4 nitrogen and oxygen atoms in total. The second-order valence-electron chi connectivity index (χ2n) is 4.47. The molecule has 2 rings (SSSR count). The normalized spacial score (nSPS) is 21.8. The lowest BCUT2D eigenvalue weighted by Crippen LogP contribution is -2.56. The first-order chi connectivity index (χ1) is 8.20. The van der Waals surface area contributed by atoms with Crippen LogP contribution >= 0.6 is 11.3 Å². The van der Waals surface area contributed by atoms with Crippen LogP contribution in [0.15, 0.2) is 17.5 Å². The van der Waals surface area contributed by atoms with E-state index < -0.39 is 0 Å². The number of nitrogens with zero attached hydrogens (tertiary/aromatic N) is 2. The summed E-state index contributed by atoms with van der Waals surface area (Å²) in [6.07, 6.45) is 0.526. The Morgan fingerprint density at radius 3 is 3.06 bits per heavy atom. The Balaban J connectivity index is 1.91. The van der Waals surface area contributed by atoms with Gasteiger partial charge in [0.05, 0.1) is 6.42 Å². The number of piperazine rings is 1. The molecule has 2 N–H and O–H groups in total. The predicted octanol–water partition coefficient (Wildman–Crippen LogP) is 0.392. The van der Waals surface area contributed by atoms with Gasteiger partial charge in [0.15, 0.2) is 0 Å². The monoisotopic (exact) mass is 253 g/mol. The fraction of sp³-hybridized carbons (Fsp3) is 0.583. The van der Waals surface area contributed by atoms with E-state index in [0.717, 1.165) is 24.5 Å². The molecular formula is C12H19N3OS. The van der Waals surface area contributed by atoms with E-state index >= 15 is 0 Å². The Morgan fingerprint density at radius 2 is 2.41 bits per heavy atom. The largest absolute Gasteiger partial charge is 0.339 e. The standard InChI is InChI=1S/C12H19N3OS/c1-14-4-5-15(9-10(14)8-13)12(16)7-11-3-2-6-17-11/h2-3,6,10H,4-5,7-9,13H2,1H3. The highest BCUT2D eigenvalue weighted by Crippen LogP contribution is 2.13. The van der Waals surface area contributed by atoms with Crippen LogP contribution in [-0.2, 0) is 11.2 Å². The number of carbonyl (C=O) groups is 1. The van der Waals surface area contributed by atoms with Crippen LogP contribution in [0.4, 0.5) is 0 Å². The van der Waals surface area contributed by atoms with E-state index in [0.29, 0.717) is 19.0 Å². The Kier molecular flexibility index (Phi) is 4.15. The highest BCUT2D eigenvalue weighted by molar-refractivity contribution is 7.10. The fourth-order valence-corrected chi connectivity index (χ4v) is 2.80. The van der Waals surface area contributed by atoms with Crippen molar-refractivity contribution in [2.45, 2.75) is 12.5 Å². The number of amides is 1. The SMILES string of the molecule is CN1CCN(C(=O)Cc2cccs2)CC1CN. The average Bonchev–Trinajstić information content (AvgIpc) is 2.82. The van der Waals surface area contributed by atoms with E-state index in [4.69, 9.17) is 5.73 Å². The summed E-state index contributed by atoms with van der Waals surface area (Å²) in [5.74, 6) is 0.221. The van der Waals surface area contributed by atoms with Gasteiger partial charge in [-0.2, -0.15) is 0 Å². The quantitative estimate of drug-likeness (QED) is 0.848. The molecule has 0 radical (unpaired) electrons. The van der Waals surface area contributed by atoms with Gasteiger partial charge >= 0.3 is 0 Å². The number of carbonyl (C=O) groups excluding carboxylic acids is 1. The van der Waals surface area contributed by atoms with Crippen LogP contribution in [0.3, 0.4) is 0 Å². The summed E-state index contributed by atoms with van der Waals surface area (Å²) in [7, 11) is 2.07. The van der Waals surface area contributed by atoms with Gasteiger partial charge in [-0.15, -0.1) is 11.3 Å². The van der Waals surface area contributed by atoms with Crippen molar-refractivity contribution in [3.8, 4) is 0 Å². The van der Waals surface area contributed by atoms with Gasteiger partial charge in [0.2, 0.25) is 5.91 Å². The van der Waals surface area contributed by atoms with E-state index in [1.807, 2.05) is 22.4 Å². The maximum Gasteiger partial charge on any atom is 0.227 e. The highest BCUT2D eigenvalue weighted by atomic mass is 32.1. The number of hydrogen-bond donors (Lipinski definition) is 1. The van der Waals surface area contributed by atoms with Gasteiger partial charge < -0.3 is 10.6 Å². The van der Waals surface area contributed by atoms with Crippen LogP contribution in [0.5, 0.6) is 0 Å². The molecule has 1 aliphatic heterocycles. The molecule has 0 aromatic carbocycles. The Morgan fingerprint density at radius 1 is 1.59 bits per heavy atom. The molecule has 1 atom stereocenters. The third kappa shape index (κ3) is 3.06. The van der Waals surface area contributed by atoms with Crippen LogP contribution in [-0.4, -0.2) is 55.0 Å². The van der Waals surface area contributed by atoms with Gasteiger partial charge in [-0.05, 0) is 18.5 Å². The molecule has 94 valence electrons. The fourth-order valence-electron chi connectivity index (χ4n) is 2.10. The van der Waals surface area contributed by atoms with Crippen LogP contribution in [0.25, 0.3) is 0 Å². The van der Waals surface area contributed by atoms with Gasteiger partial charge in [-0.25, -0.2) is 0 Å². The molecule has 1 saturated heterocycles. The zero-order valence-electron chi connectivity index (χ0n) is 10.1. The van der Waals surface area contributed by atoms with Crippen LogP contribution in [0.2, 0.25) is 0 Å². The first kappa shape index (κ1) is 12.5. The van der Waals surface area contributed by atoms with Crippen molar-refractivity contribution in [2.24, 2.45) is 5.73 Å². The van der Waals surface area contributed by atoms with Crippen LogP contribution in [0.1, 0.15) is 4.88 Å². The number of thiophene rings is 1. The minimum absolute atomic E-state index is 0.221. The lowest BCUT2D eigenvalue weighted by atomic mass is 10.1. The second-order valence-corrected chi connectivity index (χ2v) is 5.50. The third-order valence-corrected chi connectivity index (χ3v) is 4.18. The predicted molar refractivity (Wildman–Crippen MR) is 70.1 cm³/mol. The van der Waals surface area contributed by atoms with Crippen molar-refractivity contribution in [1.29, 1.82) is 0 Å². The topological polar surface area (TPSA) is 49.6 Å². The van der Waals surface area contributed by atoms with Crippen molar-refractivity contribution < 1.29 is 4.79 Å². The number of rotatable bonds is 3. The van der Waals surface area contributed by atoms with Gasteiger partial charge in [0.25, 0.3) is 0 Å². The summed E-state index contributed by atoms with van der Waals surface area (Å²) in [6, 6.07) is 4.30. The highest BCUT2D eigenvalue weighted by Gasteiger charge is 2.26. The zero-order chi connectivity index (χ0) is 12.3. The lowest BCUT2D eigenvalue weighted by Gasteiger charge is -2.38. The van der Waals surface area contributed by atoms with E-state index in [9.17, 15) is 4.79 Å². The summed E-state index contributed by atoms with van der Waals surface area (Å²) < 4.78 is 0. The first-order valence-electron chi connectivity index (χ1n) is 5.91. The van der Waals surface area contributed by atoms with Crippen molar-refractivity contribution in [2.75, 3.05) is 33.2 Å². The Bertz CT molecular complexity index is 366. The zero-order valence-corrected chi connectivity index (χ0v) is 10.9. The number of nitrogens with two attached hydrogens (primary N) is 1. The van der Waals surface area contributed by atoms with Crippen LogP contribution < -0.4 is 5.73 Å². The molecule has 1 aromatic heterocycles. The van der Waals surface area contributed by atoms with E-state index in [1.165, 1.54) is 0 Å². The van der Waals surface area contributed by atoms with Gasteiger partial charge in [0, 0.05) is 37.1 Å². The summed E-state index contributed by atoms with van der Waals surface area (Å²) in [5, 5.41) is 2.01. The molecule has 0 bridgehead atoms. The van der Waals surface area contributed by atoms with Crippen molar-refractivity contribution in [3.63, 3.8) is 0 Å². The van der Waals surface area contributed by atoms with Crippen molar-refractivity contribution in [1.82, 2.24) is 9.80 Å². The summed E-state index contributed by atoms with van der Waals surface area (Å²) >= 11 is 1.64. The van der Waals surface area contributed by atoms with Gasteiger partial charge in [-0.1, -0.05) is 6.07 Å². The minimum Gasteiger partial charge on any atom is -0.339 e. The lowest BCUT2D eigenvalue weighted by molar-refractivity contribution is -0.133. The van der Waals surface area contributed by atoms with Crippen molar-refractivity contribution in [3.05, 3.63) is 22.4 Å². The Hall–Kier alpha value is -0.910. The van der Waals surface area contributed by atoms with E-state index in [1.54, 1.807) is 11.3 Å². The molecule has 0 saturated carbocycles. The minimum atomic E-state index is 0.221. The molecule has 0 aliphatic carbocycles. The van der Waals surface area contributed by atoms with E-state index in [-0.39, 0.29) is 5.91 Å². The maximum absolute atomic E-state index is 12.1. The second kappa shape index (κ2) is 5.62. The molecule has 1 unspecified atom stereocenters.